The number of H-pyrrole nitrogens is 1. The van der Waals surface area contributed by atoms with Crippen LogP contribution in [0.25, 0.3) is 0 Å². The van der Waals surface area contributed by atoms with Crippen LogP contribution in [0.2, 0.25) is 0 Å². The van der Waals surface area contributed by atoms with Crippen molar-refractivity contribution < 1.29 is 22.7 Å². The summed E-state index contributed by atoms with van der Waals surface area (Å²) in [7, 11) is -3.84. The van der Waals surface area contributed by atoms with E-state index >= 15 is 0 Å². The van der Waals surface area contributed by atoms with Gasteiger partial charge in [0.1, 0.15) is 5.56 Å². The summed E-state index contributed by atoms with van der Waals surface area (Å²) in [5, 5.41) is 5.82. The molecule has 0 spiro atoms. The molecule has 1 saturated heterocycles. The van der Waals surface area contributed by atoms with Gasteiger partial charge >= 0.3 is 5.97 Å². The number of hydrogen-bond acceptors (Lipinski definition) is 6. The molecule has 1 aliphatic heterocycles. The Hall–Kier alpha value is -1.45. The number of ether oxygens (including phenoxy) is 2. The van der Waals surface area contributed by atoms with E-state index in [1.54, 1.807) is 20.8 Å². The Morgan fingerprint density at radius 2 is 2.10 bits per heavy atom. The lowest BCUT2D eigenvalue weighted by atomic mass is 10.3. The van der Waals surface area contributed by atoms with Crippen molar-refractivity contribution in [2.45, 2.75) is 38.0 Å². The highest BCUT2D eigenvalue weighted by atomic mass is 32.2. The fraction of sp³-hybridized carbons (Fsp3) is 0.667. The summed E-state index contributed by atoms with van der Waals surface area (Å²) in [6.07, 6.45) is 0.744. The largest absolute Gasteiger partial charge is 0.462 e. The first-order valence-electron chi connectivity index (χ1n) is 6.72. The normalized spacial score (nSPS) is 24.0. The van der Waals surface area contributed by atoms with Gasteiger partial charge in [0.25, 0.3) is 10.0 Å². The Labute approximate surface area is 123 Å². The van der Waals surface area contributed by atoms with Crippen LogP contribution in [0, 0.1) is 0 Å². The number of rotatable bonds is 4. The standard InChI is InChI=1S/C12H19N3O5S/c1-4-19-12(16)10-5-13-14-11(10)21(17,18)15-6-8(2)20-9(3)7-15/h5,8-9H,4,6-7H2,1-3H3,(H,13,14)/t8-,9+. The maximum absolute atomic E-state index is 12.7. The lowest BCUT2D eigenvalue weighted by Gasteiger charge is -2.34. The number of esters is 1. The van der Waals surface area contributed by atoms with Gasteiger partial charge in [-0.1, -0.05) is 0 Å². The van der Waals surface area contributed by atoms with Gasteiger partial charge in [-0.05, 0) is 20.8 Å². The van der Waals surface area contributed by atoms with E-state index in [0.717, 1.165) is 6.20 Å². The minimum atomic E-state index is -3.84. The van der Waals surface area contributed by atoms with E-state index in [4.69, 9.17) is 9.47 Å². The van der Waals surface area contributed by atoms with Crippen molar-refractivity contribution in [3.63, 3.8) is 0 Å². The summed E-state index contributed by atoms with van der Waals surface area (Å²) in [6.45, 7) is 5.88. The highest BCUT2D eigenvalue weighted by Crippen LogP contribution is 2.22. The number of morpholine rings is 1. The van der Waals surface area contributed by atoms with E-state index in [2.05, 4.69) is 10.2 Å². The average molecular weight is 317 g/mol. The monoisotopic (exact) mass is 317 g/mol. The van der Waals surface area contributed by atoms with Gasteiger partial charge in [0, 0.05) is 13.1 Å². The van der Waals surface area contributed by atoms with Crippen molar-refractivity contribution >= 4 is 16.0 Å². The molecule has 0 bridgehead atoms. The second-order valence-corrected chi connectivity index (χ2v) is 6.79. The predicted molar refractivity (Wildman–Crippen MR) is 73.3 cm³/mol. The lowest BCUT2D eigenvalue weighted by molar-refractivity contribution is -0.0441. The molecule has 1 fully saturated rings. The first kappa shape index (κ1) is 15.9. The molecule has 0 radical (unpaired) electrons. The molecule has 9 heteroatoms. The van der Waals surface area contributed by atoms with Crippen molar-refractivity contribution in [1.82, 2.24) is 14.5 Å². The molecule has 8 nitrogen and oxygen atoms in total. The molecular formula is C12H19N3O5S. The zero-order chi connectivity index (χ0) is 15.6. The van der Waals surface area contributed by atoms with Crippen LogP contribution in [0.15, 0.2) is 11.2 Å². The highest BCUT2D eigenvalue weighted by Gasteiger charge is 2.36. The quantitative estimate of drug-likeness (QED) is 0.806. The molecule has 21 heavy (non-hydrogen) atoms. The first-order chi connectivity index (χ1) is 9.86. The maximum Gasteiger partial charge on any atom is 0.342 e. The molecule has 0 aliphatic carbocycles. The molecular weight excluding hydrogens is 298 g/mol. The van der Waals surface area contributed by atoms with Gasteiger partial charge in [0.2, 0.25) is 0 Å². The Balaban J connectivity index is 2.32. The Morgan fingerprint density at radius 1 is 1.48 bits per heavy atom. The number of nitrogens with one attached hydrogen (secondary N) is 1. The molecule has 2 rings (SSSR count). The summed E-state index contributed by atoms with van der Waals surface area (Å²) < 4.78 is 37.0. The van der Waals surface area contributed by atoms with Gasteiger partial charge in [-0.2, -0.15) is 9.40 Å². The average Bonchev–Trinajstić information content (AvgIpc) is 2.87. The molecule has 0 aromatic carbocycles. The van der Waals surface area contributed by atoms with Crippen molar-refractivity contribution in [2.24, 2.45) is 0 Å². The summed E-state index contributed by atoms with van der Waals surface area (Å²) in [5.74, 6) is -0.709. The van der Waals surface area contributed by atoms with Gasteiger partial charge in [-0.25, -0.2) is 13.2 Å². The Kier molecular flexibility index (Phi) is 4.64. The summed E-state index contributed by atoms with van der Waals surface area (Å²) >= 11 is 0. The molecule has 1 aromatic heterocycles. The molecule has 1 N–H and O–H groups in total. The minimum Gasteiger partial charge on any atom is -0.462 e. The number of nitrogens with zero attached hydrogens (tertiary/aromatic N) is 2. The van der Waals surface area contributed by atoms with Crippen molar-refractivity contribution in [1.29, 1.82) is 0 Å². The van der Waals surface area contributed by atoms with Crippen LogP contribution in [0.1, 0.15) is 31.1 Å². The maximum atomic E-state index is 12.7. The van der Waals surface area contributed by atoms with E-state index in [0.29, 0.717) is 0 Å². The fourth-order valence-corrected chi connectivity index (χ4v) is 3.93. The topological polar surface area (TPSA) is 102 Å². The number of aromatic amines is 1. The third-order valence-corrected chi connectivity index (χ3v) is 4.89. The van der Waals surface area contributed by atoms with Crippen LogP contribution in [0.5, 0.6) is 0 Å². The summed E-state index contributed by atoms with van der Waals surface area (Å²) in [5.41, 5.74) is -0.0800. The summed E-state index contributed by atoms with van der Waals surface area (Å²) in [6, 6.07) is 0. The highest BCUT2D eigenvalue weighted by molar-refractivity contribution is 7.89. The molecule has 0 saturated carbocycles. The van der Waals surface area contributed by atoms with Crippen LogP contribution in [0.4, 0.5) is 0 Å². The van der Waals surface area contributed by atoms with E-state index in [1.165, 1.54) is 4.31 Å². The van der Waals surface area contributed by atoms with E-state index < -0.39 is 16.0 Å². The van der Waals surface area contributed by atoms with Crippen molar-refractivity contribution in [3.05, 3.63) is 11.8 Å². The third kappa shape index (κ3) is 3.25. The van der Waals surface area contributed by atoms with Gasteiger partial charge in [-0.15, -0.1) is 0 Å². The molecule has 0 unspecified atom stereocenters. The van der Waals surface area contributed by atoms with Gasteiger partial charge in [0.15, 0.2) is 5.03 Å². The zero-order valence-electron chi connectivity index (χ0n) is 12.2. The van der Waals surface area contributed by atoms with Gasteiger partial charge < -0.3 is 9.47 Å². The SMILES string of the molecule is CCOC(=O)c1cn[nH]c1S(=O)(=O)N1C[C@@H](C)O[C@@H](C)C1. The predicted octanol–water partition coefficient (Wildman–Crippen LogP) is 0.384. The number of hydrogen-bond donors (Lipinski definition) is 1. The van der Waals surface area contributed by atoms with Crippen LogP contribution in [-0.4, -0.2) is 60.8 Å². The number of carbonyl (C=O) groups is 1. The fourth-order valence-electron chi connectivity index (χ4n) is 2.28. The zero-order valence-corrected chi connectivity index (χ0v) is 13.0. The first-order valence-corrected chi connectivity index (χ1v) is 8.16. The van der Waals surface area contributed by atoms with Crippen LogP contribution >= 0.6 is 0 Å². The molecule has 2 heterocycles. The Morgan fingerprint density at radius 3 is 2.67 bits per heavy atom. The minimum absolute atomic E-state index is 0.0800. The second-order valence-electron chi connectivity index (χ2n) is 4.91. The van der Waals surface area contributed by atoms with Crippen LogP contribution in [0.3, 0.4) is 0 Å². The number of sulfonamides is 1. The summed E-state index contributed by atoms with van der Waals surface area (Å²) in [4.78, 5) is 11.8. The van der Waals surface area contributed by atoms with Crippen molar-refractivity contribution in [2.75, 3.05) is 19.7 Å². The number of aromatic nitrogens is 2. The van der Waals surface area contributed by atoms with E-state index in [9.17, 15) is 13.2 Å². The lowest BCUT2D eigenvalue weighted by Crippen LogP contribution is -2.48. The smallest absolute Gasteiger partial charge is 0.342 e. The molecule has 2 atom stereocenters. The van der Waals surface area contributed by atoms with Crippen LogP contribution in [-0.2, 0) is 19.5 Å². The van der Waals surface area contributed by atoms with Gasteiger partial charge in [0.05, 0.1) is 25.0 Å². The van der Waals surface area contributed by atoms with Crippen LogP contribution < -0.4 is 0 Å². The molecule has 118 valence electrons. The molecule has 1 aliphatic rings. The van der Waals surface area contributed by atoms with E-state index in [1.807, 2.05) is 0 Å². The Bertz CT molecular complexity index is 602. The van der Waals surface area contributed by atoms with Crippen molar-refractivity contribution in [3.8, 4) is 0 Å². The molecule has 1 aromatic rings. The van der Waals surface area contributed by atoms with E-state index in [-0.39, 0.29) is 42.5 Å². The second kappa shape index (κ2) is 6.12. The van der Waals surface area contributed by atoms with Gasteiger partial charge in [-0.3, -0.25) is 5.10 Å². The molecule has 0 amide bonds. The number of carbonyl (C=O) groups excluding carboxylic acids is 1. The third-order valence-electron chi connectivity index (χ3n) is 3.08.